The van der Waals surface area contributed by atoms with Crippen molar-refractivity contribution in [1.82, 2.24) is 10.3 Å². The molecule has 6 nitrogen and oxygen atoms in total. The quantitative estimate of drug-likeness (QED) is 0.703. The van der Waals surface area contributed by atoms with E-state index in [1.807, 2.05) is 18.2 Å². The molecule has 1 unspecified atom stereocenters. The lowest BCUT2D eigenvalue weighted by molar-refractivity contribution is -0.122. The second kappa shape index (κ2) is 7.20. The number of nitrogens with zero attached hydrogens (tertiary/aromatic N) is 1. The fourth-order valence-electron chi connectivity index (χ4n) is 1.46. The van der Waals surface area contributed by atoms with Gasteiger partial charge in [-0.3, -0.25) is 9.78 Å². The largest absolute Gasteiger partial charge is 0.354 e. The standard InChI is InChI=1S/C12H19N3O3S/c1-19(17,18)9-6-11(13)12(16)15-8-5-10-4-2-3-7-14-10/h2-4,7,11H,5-6,8-9,13H2,1H3,(H,15,16). The van der Waals surface area contributed by atoms with Gasteiger partial charge in [-0.05, 0) is 18.6 Å². The summed E-state index contributed by atoms with van der Waals surface area (Å²) in [5.74, 6) is -0.415. The molecule has 19 heavy (non-hydrogen) atoms. The highest BCUT2D eigenvalue weighted by molar-refractivity contribution is 7.90. The van der Waals surface area contributed by atoms with E-state index in [9.17, 15) is 13.2 Å². The van der Waals surface area contributed by atoms with Crippen LogP contribution in [0.25, 0.3) is 0 Å². The van der Waals surface area contributed by atoms with Gasteiger partial charge >= 0.3 is 0 Å². The lowest BCUT2D eigenvalue weighted by Crippen LogP contribution is -2.42. The van der Waals surface area contributed by atoms with Gasteiger partial charge in [0.05, 0.1) is 11.8 Å². The Labute approximate surface area is 113 Å². The molecule has 1 rings (SSSR count). The van der Waals surface area contributed by atoms with Crippen LogP contribution in [-0.4, -0.2) is 43.9 Å². The summed E-state index contributed by atoms with van der Waals surface area (Å²) in [6.07, 6.45) is 3.56. The van der Waals surface area contributed by atoms with Gasteiger partial charge in [-0.15, -0.1) is 0 Å². The molecule has 1 aromatic heterocycles. The third-order valence-corrected chi connectivity index (χ3v) is 3.52. The number of aromatic nitrogens is 1. The highest BCUT2D eigenvalue weighted by Gasteiger charge is 2.15. The van der Waals surface area contributed by atoms with Crippen molar-refractivity contribution in [1.29, 1.82) is 0 Å². The molecule has 1 aromatic rings. The third kappa shape index (κ3) is 6.88. The monoisotopic (exact) mass is 285 g/mol. The summed E-state index contributed by atoms with van der Waals surface area (Å²) in [5, 5.41) is 2.67. The van der Waals surface area contributed by atoms with Crippen molar-refractivity contribution >= 4 is 15.7 Å². The molecule has 0 saturated heterocycles. The number of nitrogens with two attached hydrogens (primary N) is 1. The van der Waals surface area contributed by atoms with Crippen molar-refractivity contribution in [3.05, 3.63) is 30.1 Å². The number of carbonyl (C=O) groups is 1. The van der Waals surface area contributed by atoms with Gasteiger partial charge < -0.3 is 11.1 Å². The molecular formula is C12H19N3O3S. The number of carbonyl (C=O) groups excluding carboxylic acids is 1. The fraction of sp³-hybridized carbons (Fsp3) is 0.500. The van der Waals surface area contributed by atoms with Gasteiger partial charge in [0.2, 0.25) is 5.91 Å². The molecular weight excluding hydrogens is 266 g/mol. The van der Waals surface area contributed by atoms with Crippen LogP contribution in [0.2, 0.25) is 0 Å². The Hall–Kier alpha value is -1.47. The smallest absolute Gasteiger partial charge is 0.236 e. The van der Waals surface area contributed by atoms with E-state index in [1.165, 1.54) is 0 Å². The first-order valence-electron chi connectivity index (χ1n) is 5.99. The van der Waals surface area contributed by atoms with Crippen molar-refractivity contribution in [3.63, 3.8) is 0 Å². The highest BCUT2D eigenvalue weighted by atomic mass is 32.2. The van der Waals surface area contributed by atoms with E-state index in [-0.39, 0.29) is 18.1 Å². The summed E-state index contributed by atoms with van der Waals surface area (Å²) >= 11 is 0. The number of hydrogen-bond acceptors (Lipinski definition) is 5. The SMILES string of the molecule is CS(=O)(=O)CCC(N)C(=O)NCCc1ccccn1. The van der Waals surface area contributed by atoms with Crippen molar-refractivity contribution in [2.45, 2.75) is 18.9 Å². The van der Waals surface area contributed by atoms with Crippen molar-refractivity contribution in [3.8, 4) is 0 Å². The first kappa shape index (κ1) is 15.6. The second-order valence-electron chi connectivity index (χ2n) is 4.39. The number of nitrogens with one attached hydrogen (secondary N) is 1. The Morgan fingerprint density at radius 1 is 1.47 bits per heavy atom. The Morgan fingerprint density at radius 3 is 2.79 bits per heavy atom. The number of pyridine rings is 1. The summed E-state index contributed by atoms with van der Waals surface area (Å²) in [6.45, 7) is 0.433. The molecule has 1 atom stereocenters. The summed E-state index contributed by atoms with van der Waals surface area (Å²) in [5.41, 5.74) is 6.49. The van der Waals surface area contributed by atoms with E-state index in [1.54, 1.807) is 6.20 Å². The molecule has 0 aromatic carbocycles. The molecule has 0 fully saturated rings. The Kier molecular flexibility index (Phi) is 5.91. The molecule has 0 spiro atoms. The van der Waals surface area contributed by atoms with Gasteiger partial charge in [0.25, 0.3) is 0 Å². The number of sulfone groups is 1. The van der Waals surface area contributed by atoms with Crippen LogP contribution in [0.3, 0.4) is 0 Å². The van der Waals surface area contributed by atoms with Crippen LogP contribution in [-0.2, 0) is 21.1 Å². The Bertz CT molecular complexity index is 502. The second-order valence-corrected chi connectivity index (χ2v) is 6.65. The summed E-state index contributed by atoms with van der Waals surface area (Å²) in [7, 11) is -3.09. The van der Waals surface area contributed by atoms with E-state index in [0.29, 0.717) is 13.0 Å². The maximum absolute atomic E-state index is 11.6. The van der Waals surface area contributed by atoms with E-state index in [0.717, 1.165) is 11.9 Å². The van der Waals surface area contributed by atoms with Gasteiger partial charge in [-0.1, -0.05) is 6.07 Å². The number of rotatable bonds is 7. The van der Waals surface area contributed by atoms with Crippen LogP contribution in [0.15, 0.2) is 24.4 Å². The first-order chi connectivity index (χ1) is 8.88. The molecule has 0 aliphatic carbocycles. The van der Waals surface area contributed by atoms with Crippen molar-refractivity contribution < 1.29 is 13.2 Å². The molecule has 7 heteroatoms. The zero-order chi connectivity index (χ0) is 14.3. The van der Waals surface area contributed by atoms with E-state index in [4.69, 9.17) is 5.73 Å². The minimum atomic E-state index is -3.09. The molecule has 0 aliphatic heterocycles. The molecule has 1 amide bonds. The van der Waals surface area contributed by atoms with Gasteiger partial charge in [-0.25, -0.2) is 8.42 Å². The molecule has 1 heterocycles. The van der Waals surface area contributed by atoms with Crippen LogP contribution < -0.4 is 11.1 Å². The fourth-order valence-corrected chi connectivity index (χ4v) is 2.15. The predicted molar refractivity (Wildman–Crippen MR) is 73.3 cm³/mol. The average Bonchev–Trinajstić information content (AvgIpc) is 2.36. The van der Waals surface area contributed by atoms with E-state index < -0.39 is 15.9 Å². The van der Waals surface area contributed by atoms with Crippen molar-refractivity contribution in [2.75, 3.05) is 18.6 Å². The highest BCUT2D eigenvalue weighted by Crippen LogP contribution is 1.96. The van der Waals surface area contributed by atoms with Gasteiger partial charge in [0.15, 0.2) is 0 Å². The van der Waals surface area contributed by atoms with Gasteiger partial charge in [-0.2, -0.15) is 0 Å². The van der Waals surface area contributed by atoms with Crippen LogP contribution in [0, 0.1) is 0 Å². The topological polar surface area (TPSA) is 102 Å². The maximum Gasteiger partial charge on any atom is 0.236 e. The van der Waals surface area contributed by atoms with Gasteiger partial charge in [0, 0.05) is 31.1 Å². The molecule has 0 bridgehead atoms. The van der Waals surface area contributed by atoms with Crippen LogP contribution in [0.1, 0.15) is 12.1 Å². The van der Waals surface area contributed by atoms with Crippen LogP contribution in [0.4, 0.5) is 0 Å². The van der Waals surface area contributed by atoms with Gasteiger partial charge in [0.1, 0.15) is 9.84 Å². The summed E-state index contributed by atoms with van der Waals surface area (Å²) in [4.78, 5) is 15.7. The average molecular weight is 285 g/mol. The summed E-state index contributed by atoms with van der Waals surface area (Å²) < 4.78 is 21.9. The van der Waals surface area contributed by atoms with E-state index >= 15 is 0 Å². The van der Waals surface area contributed by atoms with E-state index in [2.05, 4.69) is 10.3 Å². The minimum absolute atomic E-state index is 0.0815. The van der Waals surface area contributed by atoms with Crippen molar-refractivity contribution in [2.24, 2.45) is 5.73 Å². The zero-order valence-electron chi connectivity index (χ0n) is 10.9. The minimum Gasteiger partial charge on any atom is -0.354 e. The van der Waals surface area contributed by atoms with Crippen LogP contribution >= 0.6 is 0 Å². The Balaban J connectivity index is 2.27. The molecule has 0 radical (unpaired) electrons. The predicted octanol–water partition coefficient (Wildman–Crippen LogP) is -0.498. The first-order valence-corrected chi connectivity index (χ1v) is 8.05. The molecule has 106 valence electrons. The molecule has 0 saturated carbocycles. The normalized spacial score (nSPS) is 12.9. The zero-order valence-corrected chi connectivity index (χ0v) is 11.7. The number of hydrogen-bond donors (Lipinski definition) is 2. The van der Waals surface area contributed by atoms with Crippen LogP contribution in [0.5, 0.6) is 0 Å². The summed E-state index contributed by atoms with van der Waals surface area (Å²) in [6, 6.07) is 4.78. The molecule has 3 N–H and O–H groups in total. The number of amides is 1. The lowest BCUT2D eigenvalue weighted by atomic mass is 10.2. The third-order valence-electron chi connectivity index (χ3n) is 2.54. The Morgan fingerprint density at radius 2 is 2.21 bits per heavy atom. The lowest BCUT2D eigenvalue weighted by Gasteiger charge is -2.11. The maximum atomic E-state index is 11.6. The molecule has 0 aliphatic rings.